The highest BCUT2D eigenvalue weighted by Gasteiger charge is 2.18. The normalized spacial score (nSPS) is 10.9. The van der Waals surface area contributed by atoms with Crippen LogP contribution in [0.3, 0.4) is 0 Å². The van der Waals surface area contributed by atoms with Crippen molar-refractivity contribution < 1.29 is 9.59 Å². The van der Waals surface area contributed by atoms with E-state index in [4.69, 9.17) is 0 Å². The van der Waals surface area contributed by atoms with E-state index in [1.807, 2.05) is 19.9 Å². The standard InChI is InChI=1S/C16H21BrN4O2/c1-9(2)21-10(3)6-13(11(21)4)15(22)18-19-16(23)14-7-12(17)8-20(14)5/h6-9H,1-5H3,(H,18,22)(H,19,23). The fourth-order valence-electron chi connectivity index (χ4n) is 2.80. The van der Waals surface area contributed by atoms with E-state index in [0.29, 0.717) is 11.3 Å². The number of hydrazine groups is 1. The maximum Gasteiger partial charge on any atom is 0.286 e. The van der Waals surface area contributed by atoms with Crippen LogP contribution in [0.15, 0.2) is 22.8 Å². The number of halogens is 1. The van der Waals surface area contributed by atoms with Gasteiger partial charge in [0.15, 0.2) is 0 Å². The first-order chi connectivity index (χ1) is 10.7. The summed E-state index contributed by atoms with van der Waals surface area (Å²) in [6, 6.07) is 3.79. The lowest BCUT2D eigenvalue weighted by Crippen LogP contribution is -2.42. The Morgan fingerprint density at radius 1 is 1.13 bits per heavy atom. The van der Waals surface area contributed by atoms with Crippen molar-refractivity contribution in [2.24, 2.45) is 7.05 Å². The molecule has 0 unspecified atom stereocenters. The molecule has 0 aliphatic rings. The molecule has 2 N–H and O–H groups in total. The summed E-state index contributed by atoms with van der Waals surface area (Å²) in [6.45, 7) is 8.00. The van der Waals surface area contributed by atoms with Crippen molar-refractivity contribution >= 4 is 27.7 Å². The van der Waals surface area contributed by atoms with Gasteiger partial charge in [0.2, 0.25) is 0 Å². The summed E-state index contributed by atoms with van der Waals surface area (Å²) in [5, 5.41) is 0. The molecule has 2 aromatic heterocycles. The monoisotopic (exact) mass is 380 g/mol. The molecule has 0 bridgehead atoms. The molecule has 2 rings (SSSR count). The van der Waals surface area contributed by atoms with Gasteiger partial charge < -0.3 is 9.13 Å². The van der Waals surface area contributed by atoms with Gasteiger partial charge in [-0.15, -0.1) is 0 Å². The van der Waals surface area contributed by atoms with E-state index in [-0.39, 0.29) is 17.9 Å². The Kier molecular flexibility index (Phi) is 4.99. The fraction of sp³-hybridized carbons (Fsp3) is 0.375. The number of aromatic nitrogens is 2. The molecule has 0 saturated heterocycles. The zero-order valence-corrected chi connectivity index (χ0v) is 15.5. The second-order valence-electron chi connectivity index (χ2n) is 5.81. The van der Waals surface area contributed by atoms with Crippen LogP contribution in [-0.4, -0.2) is 20.9 Å². The van der Waals surface area contributed by atoms with Gasteiger partial charge in [-0.1, -0.05) is 0 Å². The predicted molar refractivity (Wildman–Crippen MR) is 92.3 cm³/mol. The first-order valence-corrected chi connectivity index (χ1v) is 8.12. The molecule has 124 valence electrons. The molecule has 23 heavy (non-hydrogen) atoms. The minimum Gasteiger partial charge on any atom is -0.346 e. The number of aryl methyl sites for hydroxylation is 2. The second-order valence-corrected chi connectivity index (χ2v) is 6.73. The number of nitrogens with one attached hydrogen (secondary N) is 2. The maximum atomic E-state index is 12.3. The SMILES string of the molecule is Cc1cc(C(=O)NNC(=O)c2cc(Br)cn2C)c(C)n1C(C)C. The van der Waals surface area contributed by atoms with Crippen molar-refractivity contribution in [3.8, 4) is 0 Å². The summed E-state index contributed by atoms with van der Waals surface area (Å²) < 4.78 is 4.57. The van der Waals surface area contributed by atoms with Gasteiger partial charge in [-0.3, -0.25) is 20.4 Å². The zero-order valence-electron chi connectivity index (χ0n) is 13.9. The summed E-state index contributed by atoms with van der Waals surface area (Å²) in [5.41, 5.74) is 7.82. The highest BCUT2D eigenvalue weighted by molar-refractivity contribution is 9.10. The van der Waals surface area contributed by atoms with Crippen LogP contribution >= 0.6 is 15.9 Å². The topological polar surface area (TPSA) is 68.1 Å². The third-order valence-electron chi connectivity index (χ3n) is 3.74. The Hall–Kier alpha value is -2.02. The van der Waals surface area contributed by atoms with Gasteiger partial charge in [-0.2, -0.15) is 0 Å². The zero-order chi connectivity index (χ0) is 17.3. The first kappa shape index (κ1) is 17.3. The molecule has 0 aliphatic carbocycles. The Bertz CT molecular complexity index is 758. The van der Waals surface area contributed by atoms with Crippen LogP contribution < -0.4 is 10.9 Å². The molecule has 7 heteroatoms. The van der Waals surface area contributed by atoms with Gasteiger partial charge >= 0.3 is 0 Å². The third kappa shape index (κ3) is 3.50. The van der Waals surface area contributed by atoms with Gasteiger partial charge in [0.05, 0.1) is 5.56 Å². The average molecular weight is 381 g/mol. The molecule has 2 amide bonds. The molecule has 2 aromatic rings. The first-order valence-electron chi connectivity index (χ1n) is 7.33. The smallest absolute Gasteiger partial charge is 0.286 e. The largest absolute Gasteiger partial charge is 0.346 e. The van der Waals surface area contributed by atoms with Gasteiger partial charge in [0, 0.05) is 35.1 Å². The maximum absolute atomic E-state index is 12.3. The fourth-order valence-corrected chi connectivity index (χ4v) is 3.32. The van der Waals surface area contributed by atoms with Crippen LogP contribution in [0.25, 0.3) is 0 Å². The lowest BCUT2D eigenvalue weighted by Gasteiger charge is -2.13. The summed E-state index contributed by atoms with van der Waals surface area (Å²) >= 11 is 3.31. The Morgan fingerprint density at radius 2 is 1.74 bits per heavy atom. The third-order valence-corrected chi connectivity index (χ3v) is 4.17. The van der Waals surface area contributed by atoms with Crippen molar-refractivity contribution in [2.45, 2.75) is 33.7 Å². The van der Waals surface area contributed by atoms with Crippen LogP contribution in [0.1, 0.15) is 52.1 Å². The van der Waals surface area contributed by atoms with Crippen molar-refractivity contribution in [1.29, 1.82) is 0 Å². The van der Waals surface area contributed by atoms with Crippen LogP contribution in [-0.2, 0) is 7.05 Å². The minimum atomic E-state index is -0.371. The van der Waals surface area contributed by atoms with E-state index >= 15 is 0 Å². The van der Waals surface area contributed by atoms with E-state index in [1.54, 1.807) is 23.9 Å². The number of nitrogens with zero attached hydrogens (tertiary/aromatic N) is 2. The molecule has 0 radical (unpaired) electrons. The van der Waals surface area contributed by atoms with Crippen molar-refractivity contribution in [2.75, 3.05) is 0 Å². The molecule has 0 aliphatic heterocycles. The van der Waals surface area contributed by atoms with Crippen molar-refractivity contribution in [1.82, 2.24) is 20.0 Å². The molecule has 6 nitrogen and oxygen atoms in total. The highest BCUT2D eigenvalue weighted by Crippen LogP contribution is 2.20. The Labute approximate surface area is 144 Å². The Morgan fingerprint density at radius 3 is 2.22 bits per heavy atom. The number of carbonyl (C=O) groups excluding carboxylic acids is 2. The van der Waals surface area contributed by atoms with Gasteiger partial charge in [0.1, 0.15) is 5.69 Å². The summed E-state index contributed by atoms with van der Waals surface area (Å²) in [5.74, 6) is -0.698. The number of hydrogen-bond acceptors (Lipinski definition) is 2. The lowest BCUT2D eigenvalue weighted by molar-refractivity contribution is 0.0841. The highest BCUT2D eigenvalue weighted by atomic mass is 79.9. The van der Waals surface area contributed by atoms with E-state index < -0.39 is 0 Å². The quantitative estimate of drug-likeness (QED) is 0.803. The van der Waals surface area contributed by atoms with Crippen molar-refractivity contribution in [3.63, 3.8) is 0 Å². The molecule has 0 fully saturated rings. The number of rotatable bonds is 3. The summed E-state index contributed by atoms with van der Waals surface area (Å²) in [7, 11) is 1.76. The number of amides is 2. The molecule has 0 spiro atoms. The van der Waals surface area contributed by atoms with Gasteiger partial charge in [0.25, 0.3) is 11.8 Å². The van der Waals surface area contributed by atoms with E-state index in [2.05, 4.69) is 45.2 Å². The molecule has 0 saturated carbocycles. The molecule has 2 heterocycles. The molecular formula is C16H21BrN4O2. The van der Waals surface area contributed by atoms with Crippen molar-refractivity contribution in [3.05, 3.63) is 45.4 Å². The Balaban J connectivity index is 2.10. The molecule has 0 atom stereocenters. The van der Waals surface area contributed by atoms with Crippen LogP contribution in [0, 0.1) is 13.8 Å². The van der Waals surface area contributed by atoms with Gasteiger partial charge in [-0.05, 0) is 55.8 Å². The number of hydrogen-bond donors (Lipinski definition) is 2. The van der Waals surface area contributed by atoms with Gasteiger partial charge in [-0.25, -0.2) is 0 Å². The molecule has 0 aromatic carbocycles. The van der Waals surface area contributed by atoms with E-state index in [0.717, 1.165) is 15.9 Å². The minimum absolute atomic E-state index is 0.270. The lowest BCUT2D eigenvalue weighted by atomic mass is 10.2. The summed E-state index contributed by atoms with van der Waals surface area (Å²) in [6.07, 6.45) is 1.77. The summed E-state index contributed by atoms with van der Waals surface area (Å²) in [4.78, 5) is 24.4. The van der Waals surface area contributed by atoms with Crippen LogP contribution in [0.5, 0.6) is 0 Å². The van der Waals surface area contributed by atoms with E-state index in [9.17, 15) is 9.59 Å². The predicted octanol–water partition coefficient (Wildman–Crippen LogP) is 2.86. The van der Waals surface area contributed by atoms with E-state index in [1.165, 1.54) is 0 Å². The van der Waals surface area contributed by atoms with Crippen LogP contribution in [0.2, 0.25) is 0 Å². The average Bonchev–Trinajstić information content (AvgIpc) is 2.94. The number of carbonyl (C=O) groups is 2. The van der Waals surface area contributed by atoms with Crippen LogP contribution in [0.4, 0.5) is 0 Å². The molecular weight excluding hydrogens is 360 g/mol. The second kappa shape index (κ2) is 6.62.